The van der Waals surface area contributed by atoms with Crippen molar-refractivity contribution in [2.24, 2.45) is 0 Å². The summed E-state index contributed by atoms with van der Waals surface area (Å²) < 4.78 is 31.3. The summed E-state index contributed by atoms with van der Waals surface area (Å²) in [4.78, 5) is 0.197. The van der Waals surface area contributed by atoms with Gasteiger partial charge in [-0.3, -0.25) is 0 Å². The van der Waals surface area contributed by atoms with Crippen LogP contribution in [-0.4, -0.2) is 40.0 Å². The predicted molar refractivity (Wildman–Crippen MR) is 74.9 cm³/mol. The van der Waals surface area contributed by atoms with E-state index in [1.165, 1.54) is 16.4 Å². The Balaban J connectivity index is 2.88. The van der Waals surface area contributed by atoms with Crippen molar-refractivity contribution < 1.29 is 13.2 Å². The number of nitrogens with two attached hydrogens (primary N) is 1. The molecule has 0 aromatic heterocycles. The second-order valence-electron chi connectivity index (χ2n) is 3.86. The number of nitrogens with zero attached hydrogens (tertiary/aromatic N) is 1. The first-order valence-corrected chi connectivity index (χ1v) is 7.63. The van der Waals surface area contributed by atoms with E-state index in [1.807, 2.05) is 0 Å². The van der Waals surface area contributed by atoms with Gasteiger partial charge in [-0.15, -0.1) is 0 Å². The van der Waals surface area contributed by atoms with Gasteiger partial charge in [0, 0.05) is 37.5 Å². The molecule has 102 valence electrons. The molecular formula is C11H17BrN2O3S. The number of benzene rings is 1. The van der Waals surface area contributed by atoms with Crippen LogP contribution in [0.1, 0.15) is 6.42 Å². The fourth-order valence-corrected chi connectivity index (χ4v) is 2.91. The number of hydrogen-bond acceptors (Lipinski definition) is 4. The lowest BCUT2D eigenvalue weighted by molar-refractivity contribution is 0.189. The van der Waals surface area contributed by atoms with E-state index in [4.69, 9.17) is 10.5 Å². The minimum Gasteiger partial charge on any atom is -0.398 e. The van der Waals surface area contributed by atoms with Gasteiger partial charge in [-0.05, 0) is 40.5 Å². The van der Waals surface area contributed by atoms with Gasteiger partial charge in [0.2, 0.25) is 10.0 Å². The average molecular weight is 337 g/mol. The highest BCUT2D eigenvalue weighted by atomic mass is 79.9. The second-order valence-corrected chi connectivity index (χ2v) is 6.76. The molecule has 0 radical (unpaired) electrons. The van der Waals surface area contributed by atoms with Crippen molar-refractivity contribution in [2.45, 2.75) is 11.3 Å². The third-order valence-corrected chi connectivity index (χ3v) is 5.07. The maximum absolute atomic E-state index is 12.2. The highest BCUT2D eigenvalue weighted by Gasteiger charge is 2.20. The Morgan fingerprint density at radius 2 is 2.11 bits per heavy atom. The SMILES string of the molecule is COCCCN(C)S(=O)(=O)c1ccc(Br)c(N)c1. The number of halogens is 1. The largest absolute Gasteiger partial charge is 0.398 e. The molecule has 0 fully saturated rings. The summed E-state index contributed by atoms with van der Waals surface area (Å²) in [6, 6.07) is 4.61. The molecular weight excluding hydrogens is 320 g/mol. The van der Waals surface area contributed by atoms with E-state index < -0.39 is 10.0 Å². The quantitative estimate of drug-likeness (QED) is 0.633. The number of sulfonamides is 1. The molecule has 0 heterocycles. The van der Waals surface area contributed by atoms with E-state index in [0.29, 0.717) is 29.7 Å². The van der Waals surface area contributed by atoms with Crippen molar-refractivity contribution in [2.75, 3.05) is 33.0 Å². The molecule has 0 bridgehead atoms. The highest BCUT2D eigenvalue weighted by molar-refractivity contribution is 9.10. The van der Waals surface area contributed by atoms with E-state index in [0.717, 1.165) is 0 Å². The number of rotatable bonds is 6. The molecule has 0 aliphatic heterocycles. The van der Waals surface area contributed by atoms with Crippen LogP contribution in [0.4, 0.5) is 5.69 Å². The number of ether oxygens (including phenoxy) is 1. The first-order valence-electron chi connectivity index (χ1n) is 5.40. The van der Waals surface area contributed by atoms with Gasteiger partial charge in [-0.2, -0.15) is 0 Å². The molecule has 0 spiro atoms. The Kier molecular flexibility index (Phi) is 5.58. The molecule has 0 saturated carbocycles. The molecule has 0 saturated heterocycles. The third-order valence-electron chi connectivity index (χ3n) is 2.50. The van der Waals surface area contributed by atoms with Gasteiger partial charge in [0.05, 0.1) is 4.90 Å². The maximum Gasteiger partial charge on any atom is 0.242 e. The Labute approximate surface area is 116 Å². The van der Waals surface area contributed by atoms with Crippen molar-refractivity contribution >= 4 is 31.6 Å². The Hall–Kier alpha value is -0.630. The van der Waals surface area contributed by atoms with Gasteiger partial charge in [0.25, 0.3) is 0 Å². The minimum atomic E-state index is -3.48. The van der Waals surface area contributed by atoms with Crippen LogP contribution in [0.2, 0.25) is 0 Å². The second kappa shape index (κ2) is 6.51. The Morgan fingerprint density at radius 1 is 1.44 bits per heavy atom. The first-order chi connectivity index (χ1) is 8.39. The zero-order valence-corrected chi connectivity index (χ0v) is 12.8. The molecule has 1 aromatic carbocycles. The number of hydrogen-bond donors (Lipinski definition) is 1. The van der Waals surface area contributed by atoms with E-state index >= 15 is 0 Å². The zero-order valence-electron chi connectivity index (χ0n) is 10.4. The van der Waals surface area contributed by atoms with Crippen molar-refractivity contribution in [3.63, 3.8) is 0 Å². The summed E-state index contributed by atoms with van der Waals surface area (Å²) in [6.45, 7) is 0.939. The van der Waals surface area contributed by atoms with Crippen LogP contribution in [0.5, 0.6) is 0 Å². The molecule has 2 N–H and O–H groups in total. The third kappa shape index (κ3) is 3.68. The molecule has 18 heavy (non-hydrogen) atoms. The zero-order chi connectivity index (χ0) is 13.8. The Bertz CT molecular complexity index is 505. The lowest BCUT2D eigenvalue weighted by Gasteiger charge is -2.17. The van der Waals surface area contributed by atoms with Crippen LogP contribution in [-0.2, 0) is 14.8 Å². The summed E-state index contributed by atoms with van der Waals surface area (Å²) in [5, 5.41) is 0. The minimum absolute atomic E-state index is 0.197. The van der Waals surface area contributed by atoms with Crippen LogP contribution < -0.4 is 5.73 Å². The summed E-state index contributed by atoms with van der Waals surface area (Å²) in [6.07, 6.45) is 0.651. The molecule has 1 rings (SSSR count). The molecule has 0 aliphatic carbocycles. The van der Waals surface area contributed by atoms with Crippen LogP contribution in [0.3, 0.4) is 0 Å². The first kappa shape index (κ1) is 15.4. The van der Waals surface area contributed by atoms with Crippen molar-refractivity contribution in [3.8, 4) is 0 Å². The van der Waals surface area contributed by atoms with Gasteiger partial charge < -0.3 is 10.5 Å². The van der Waals surface area contributed by atoms with Gasteiger partial charge in [-0.1, -0.05) is 0 Å². The maximum atomic E-state index is 12.2. The Morgan fingerprint density at radius 3 is 2.67 bits per heavy atom. The van der Waals surface area contributed by atoms with E-state index in [9.17, 15) is 8.42 Å². The van der Waals surface area contributed by atoms with Crippen LogP contribution in [0.15, 0.2) is 27.6 Å². The van der Waals surface area contributed by atoms with E-state index in [2.05, 4.69) is 15.9 Å². The molecule has 1 aromatic rings. The lowest BCUT2D eigenvalue weighted by Crippen LogP contribution is -2.28. The summed E-state index contributed by atoms with van der Waals surface area (Å²) >= 11 is 3.23. The van der Waals surface area contributed by atoms with Crippen LogP contribution in [0, 0.1) is 0 Å². The number of nitrogen functional groups attached to an aromatic ring is 1. The van der Waals surface area contributed by atoms with Crippen LogP contribution >= 0.6 is 15.9 Å². The smallest absolute Gasteiger partial charge is 0.242 e. The molecule has 0 aliphatic rings. The predicted octanol–water partition coefficient (Wildman–Crippen LogP) is 1.69. The normalized spacial score (nSPS) is 12.0. The van der Waals surface area contributed by atoms with Gasteiger partial charge in [0.1, 0.15) is 0 Å². The van der Waals surface area contributed by atoms with Gasteiger partial charge in [-0.25, -0.2) is 12.7 Å². The summed E-state index contributed by atoms with van der Waals surface area (Å²) in [5.41, 5.74) is 6.09. The van der Waals surface area contributed by atoms with Crippen molar-refractivity contribution in [1.82, 2.24) is 4.31 Å². The lowest BCUT2D eigenvalue weighted by atomic mass is 10.3. The average Bonchev–Trinajstić information content (AvgIpc) is 2.32. The fraction of sp³-hybridized carbons (Fsp3) is 0.455. The molecule has 0 atom stereocenters. The van der Waals surface area contributed by atoms with Crippen LogP contribution in [0.25, 0.3) is 0 Å². The van der Waals surface area contributed by atoms with E-state index in [1.54, 1.807) is 20.2 Å². The van der Waals surface area contributed by atoms with Crippen molar-refractivity contribution in [3.05, 3.63) is 22.7 Å². The summed E-state index contributed by atoms with van der Waals surface area (Å²) in [7, 11) is -0.350. The fourth-order valence-electron chi connectivity index (χ4n) is 1.41. The van der Waals surface area contributed by atoms with Crippen molar-refractivity contribution in [1.29, 1.82) is 0 Å². The number of anilines is 1. The highest BCUT2D eigenvalue weighted by Crippen LogP contribution is 2.24. The molecule has 0 unspecified atom stereocenters. The van der Waals surface area contributed by atoms with Gasteiger partial charge >= 0.3 is 0 Å². The molecule has 0 amide bonds. The van der Waals surface area contributed by atoms with E-state index in [-0.39, 0.29) is 4.90 Å². The molecule has 5 nitrogen and oxygen atoms in total. The summed E-state index contributed by atoms with van der Waals surface area (Å²) in [5.74, 6) is 0. The standard InChI is InChI=1S/C11H17BrN2O3S/c1-14(6-3-7-17-2)18(15,16)9-4-5-10(12)11(13)8-9/h4-5,8H,3,6-7,13H2,1-2H3. The van der Waals surface area contributed by atoms with Gasteiger partial charge in [0.15, 0.2) is 0 Å². The number of methoxy groups -OCH3 is 1. The molecule has 7 heteroatoms. The topological polar surface area (TPSA) is 72.6 Å². The monoisotopic (exact) mass is 336 g/mol.